The maximum absolute atomic E-state index is 9.55. The first-order valence-corrected chi connectivity index (χ1v) is 5.48. The summed E-state index contributed by atoms with van der Waals surface area (Å²) in [5.41, 5.74) is 0.531. The monoisotopic (exact) mass is 301 g/mol. The van der Waals surface area contributed by atoms with Gasteiger partial charge in [0.2, 0.25) is 0 Å². The van der Waals surface area contributed by atoms with Gasteiger partial charge in [-0.25, -0.2) is 0 Å². The van der Waals surface area contributed by atoms with Gasteiger partial charge in [0.05, 0.1) is 10.3 Å². The van der Waals surface area contributed by atoms with E-state index in [1.165, 1.54) is 17.4 Å². The first-order valence-electron chi connectivity index (χ1n) is 3.53. The van der Waals surface area contributed by atoms with E-state index in [1.807, 2.05) is 11.4 Å². The highest BCUT2D eigenvalue weighted by Crippen LogP contribution is 2.35. The van der Waals surface area contributed by atoms with Crippen molar-refractivity contribution < 1.29 is 5.11 Å². The van der Waals surface area contributed by atoms with Crippen LogP contribution in [-0.4, -0.2) is 5.11 Å². The molecule has 64 valence electrons. The number of thiophene rings is 1. The minimum atomic E-state index is 0.196. The molecule has 0 amide bonds. The molecule has 1 heterocycles. The third-order valence-corrected chi connectivity index (χ3v) is 3.87. The lowest BCUT2D eigenvalue weighted by Gasteiger charge is -1.99. The van der Waals surface area contributed by atoms with Crippen LogP contribution in [-0.2, 0) is 0 Å². The largest absolute Gasteiger partial charge is 0.506 e. The standard InChI is InChI=1S/C9H4INOS/c10-8-5(4-11)3-7(12)9-6(8)1-2-13-9/h1-3,12H. The van der Waals surface area contributed by atoms with Crippen molar-refractivity contribution in [1.82, 2.24) is 0 Å². The molecule has 0 unspecified atom stereocenters. The number of aromatic hydroxyl groups is 1. The summed E-state index contributed by atoms with van der Waals surface area (Å²) in [5, 5.41) is 21.2. The molecule has 0 saturated heterocycles. The molecule has 0 aliphatic heterocycles. The van der Waals surface area contributed by atoms with Crippen molar-refractivity contribution in [3.8, 4) is 11.8 Å². The van der Waals surface area contributed by atoms with Gasteiger partial charge in [0.15, 0.2) is 0 Å². The average Bonchev–Trinajstić information content (AvgIpc) is 2.60. The van der Waals surface area contributed by atoms with Gasteiger partial charge in [-0.2, -0.15) is 5.26 Å². The Morgan fingerprint density at radius 1 is 1.54 bits per heavy atom. The molecule has 0 bridgehead atoms. The van der Waals surface area contributed by atoms with Gasteiger partial charge in [0.25, 0.3) is 0 Å². The van der Waals surface area contributed by atoms with Crippen LogP contribution in [0.2, 0.25) is 0 Å². The number of rotatable bonds is 0. The van der Waals surface area contributed by atoms with Gasteiger partial charge in [-0.15, -0.1) is 11.3 Å². The van der Waals surface area contributed by atoms with Crippen molar-refractivity contribution in [1.29, 1.82) is 5.26 Å². The minimum Gasteiger partial charge on any atom is -0.506 e. The van der Waals surface area contributed by atoms with Gasteiger partial charge in [0.1, 0.15) is 11.8 Å². The molecule has 0 saturated carbocycles. The molecule has 0 radical (unpaired) electrons. The van der Waals surface area contributed by atoms with Crippen molar-refractivity contribution in [3.05, 3.63) is 26.6 Å². The molecule has 1 N–H and O–H groups in total. The Kier molecular flexibility index (Phi) is 2.14. The normalized spacial score (nSPS) is 10.2. The summed E-state index contributed by atoms with van der Waals surface area (Å²) in [5.74, 6) is 0.196. The number of nitriles is 1. The number of benzene rings is 1. The molecule has 2 aromatic rings. The summed E-state index contributed by atoms with van der Waals surface area (Å²) in [4.78, 5) is 0. The summed E-state index contributed by atoms with van der Waals surface area (Å²) in [7, 11) is 0. The number of halogens is 1. The molecular weight excluding hydrogens is 297 g/mol. The molecule has 4 heteroatoms. The quantitative estimate of drug-likeness (QED) is 0.760. The lowest BCUT2D eigenvalue weighted by molar-refractivity contribution is 0.482. The van der Waals surface area contributed by atoms with Gasteiger partial charge in [-0.05, 0) is 34.0 Å². The van der Waals surface area contributed by atoms with E-state index in [4.69, 9.17) is 5.26 Å². The van der Waals surface area contributed by atoms with E-state index in [1.54, 1.807) is 0 Å². The number of nitrogens with zero attached hydrogens (tertiary/aromatic N) is 1. The zero-order valence-corrected chi connectivity index (χ0v) is 9.39. The molecule has 0 atom stereocenters. The number of hydrogen-bond donors (Lipinski definition) is 1. The fourth-order valence-electron chi connectivity index (χ4n) is 1.17. The Balaban J connectivity index is 2.95. The molecule has 13 heavy (non-hydrogen) atoms. The van der Waals surface area contributed by atoms with Crippen LogP contribution in [0.5, 0.6) is 5.75 Å². The van der Waals surface area contributed by atoms with Crippen LogP contribution in [0, 0.1) is 14.9 Å². The SMILES string of the molecule is N#Cc1cc(O)c2sccc2c1I. The molecule has 1 aromatic carbocycles. The molecule has 0 aliphatic rings. The van der Waals surface area contributed by atoms with Crippen molar-refractivity contribution >= 4 is 44.0 Å². The molecule has 0 aliphatic carbocycles. The van der Waals surface area contributed by atoms with Gasteiger partial charge >= 0.3 is 0 Å². The predicted molar refractivity (Wildman–Crippen MR) is 60.9 cm³/mol. The lowest BCUT2D eigenvalue weighted by Crippen LogP contribution is -1.81. The topological polar surface area (TPSA) is 44.0 Å². The van der Waals surface area contributed by atoms with Crippen LogP contribution in [0.1, 0.15) is 5.56 Å². The molecular formula is C9H4INOS. The fourth-order valence-corrected chi connectivity index (χ4v) is 2.90. The minimum absolute atomic E-state index is 0.196. The second kappa shape index (κ2) is 3.16. The zero-order valence-electron chi connectivity index (χ0n) is 6.41. The van der Waals surface area contributed by atoms with Crippen LogP contribution in [0.3, 0.4) is 0 Å². The highest BCUT2D eigenvalue weighted by Gasteiger charge is 2.09. The van der Waals surface area contributed by atoms with Crippen molar-refractivity contribution in [2.75, 3.05) is 0 Å². The van der Waals surface area contributed by atoms with Gasteiger partial charge in [-0.1, -0.05) is 0 Å². The van der Waals surface area contributed by atoms with E-state index in [-0.39, 0.29) is 5.75 Å². The Bertz CT molecular complexity index is 512. The van der Waals surface area contributed by atoms with Crippen molar-refractivity contribution in [3.63, 3.8) is 0 Å². The molecule has 2 rings (SSSR count). The number of hydrogen-bond acceptors (Lipinski definition) is 3. The van der Waals surface area contributed by atoms with Gasteiger partial charge in [0, 0.05) is 15.0 Å². The number of phenolic OH excluding ortho intramolecular Hbond substituents is 1. The zero-order chi connectivity index (χ0) is 9.42. The number of phenols is 1. The highest BCUT2D eigenvalue weighted by atomic mass is 127. The fraction of sp³-hybridized carbons (Fsp3) is 0. The highest BCUT2D eigenvalue weighted by molar-refractivity contribution is 14.1. The maximum Gasteiger partial charge on any atom is 0.134 e. The van der Waals surface area contributed by atoms with E-state index < -0.39 is 0 Å². The van der Waals surface area contributed by atoms with Crippen LogP contribution in [0.4, 0.5) is 0 Å². The molecule has 0 spiro atoms. The van der Waals surface area contributed by atoms with E-state index >= 15 is 0 Å². The third-order valence-electron chi connectivity index (χ3n) is 1.77. The first-order chi connectivity index (χ1) is 6.24. The van der Waals surface area contributed by atoms with Gasteiger partial charge in [-0.3, -0.25) is 0 Å². The third kappa shape index (κ3) is 1.28. The lowest BCUT2D eigenvalue weighted by atomic mass is 10.2. The van der Waals surface area contributed by atoms with Gasteiger partial charge < -0.3 is 5.11 Å². The number of fused-ring (bicyclic) bond motifs is 1. The second-order valence-corrected chi connectivity index (χ2v) is 4.53. The summed E-state index contributed by atoms with van der Waals surface area (Å²) in [6, 6.07) is 5.49. The molecule has 0 fully saturated rings. The smallest absolute Gasteiger partial charge is 0.134 e. The van der Waals surface area contributed by atoms with Crippen LogP contribution in [0.15, 0.2) is 17.5 Å². The van der Waals surface area contributed by atoms with E-state index in [9.17, 15) is 5.11 Å². The van der Waals surface area contributed by atoms with Crippen LogP contribution >= 0.6 is 33.9 Å². The summed E-state index contributed by atoms with van der Waals surface area (Å²) in [6.07, 6.45) is 0. The first kappa shape index (κ1) is 8.78. The van der Waals surface area contributed by atoms with Crippen LogP contribution < -0.4 is 0 Å². The Morgan fingerprint density at radius 2 is 2.31 bits per heavy atom. The Hall–Kier alpha value is -0.800. The van der Waals surface area contributed by atoms with Crippen molar-refractivity contribution in [2.45, 2.75) is 0 Å². The molecule has 2 nitrogen and oxygen atoms in total. The average molecular weight is 301 g/mol. The summed E-state index contributed by atoms with van der Waals surface area (Å²) < 4.78 is 1.76. The van der Waals surface area contributed by atoms with Crippen molar-refractivity contribution in [2.24, 2.45) is 0 Å². The van der Waals surface area contributed by atoms with Crippen LogP contribution in [0.25, 0.3) is 10.1 Å². The summed E-state index contributed by atoms with van der Waals surface area (Å²) >= 11 is 3.61. The molecule has 1 aromatic heterocycles. The van der Waals surface area contributed by atoms with E-state index in [2.05, 4.69) is 28.7 Å². The Morgan fingerprint density at radius 3 is 3.00 bits per heavy atom. The maximum atomic E-state index is 9.55. The predicted octanol–water partition coefficient (Wildman–Crippen LogP) is 3.08. The van der Waals surface area contributed by atoms with E-state index in [0.29, 0.717) is 5.56 Å². The Labute approximate surface area is 92.6 Å². The second-order valence-electron chi connectivity index (χ2n) is 2.53. The van der Waals surface area contributed by atoms with E-state index in [0.717, 1.165) is 13.7 Å². The summed E-state index contributed by atoms with van der Waals surface area (Å²) in [6.45, 7) is 0.